The summed E-state index contributed by atoms with van der Waals surface area (Å²) in [7, 11) is 0. The van der Waals surface area contributed by atoms with Gasteiger partial charge in [0.25, 0.3) is 0 Å². The molecule has 8 heteroatoms. The third kappa shape index (κ3) is 7.42. The number of aromatic nitrogens is 2. The highest BCUT2D eigenvalue weighted by Gasteiger charge is 2.30. The molecule has 1 aliphatic heterocycles. The maximum atomic E-state index is 13.6. The van der Waals surface area contributed by atoms with Gasteiger partial charge in [-0.15, -0.1) is 0 Å². The summed E-state index contributed by atoms with van der Waals surface area (Å²) in [4.78, 5) is 37.7. The molecule has 1 unspecified atom stereocenters. The lowest BCUT2D eigenvalue weighted by Crippen LogP contribution is -2.40. The standard InChI is InChI=1S/C27H29FN4O3/c28-23-8-4-7-22(15-23)20-35-25-17-31(14-11-21-5-2-1-3-6-21)27(34)19-32(18-25)26(33)10-9-24-16-29-12-13-30-24/h1-8,12-13,15-16,25H,9-11,14,17-20H2. The number of carbonyl (C=O) groups is 2. The quantitative estimate of drug-likeness (QED) is 0.475. The van der Waals surface area contributed by atoms with Gasteiger partial charge in [-0.25, -0.2) is 4.39 Å². The van der Waals surface area contributed by atoms with Gasteiger partial charge in [-0.2, -0.15) is 0 Å². The van der Waals surface area contributed by atoms with Crippen LogP contribution in [0.1, 0.15) is 23.2 Å². The van der Waals surface area contributed by atoms with E-state index in [2.05, 4.69) is 9.97 Å². The van der Waals surface area contributed by atoms with Crippen LogP contribution in [0.5, 0.6) is 0 Å². The molecule has 182 valence electrons. The van der Waals surface area contributed by atoms with Crippen molar-refractivity contribution < 1.29 is 18.7 Å². The molecule has 0 aliphatic carbocycles. The number of aryl methyl sites for hydroxylation is 1. The van der Waals surface area contributed by atoms with Crippen molar-refractivity contribution in [2.24, 2.45) is 0 Å². The normalized spacial score (nSPS) is 16.3. The van der Waals surface area contributed by atoms with Crippen LogP contribution in [0.2, 0.25) is 0 Å². The van der Waals surface area contributed by atoms with Crippen LogP contribution in [-0.2, 0) is 33.8 Å². The Hall–Kier alpha value is -3.65. The number of hydrogen-bond donors (Lipinski definition) is 0. The fourth-order valence-corrected chi connectivity index (χ4v) is 4.09. The van der Waals surface area contributed by atoms with Crippen molar-refractivity contribution >= 4 is 11.8 Å². The lowest BCUT2D eigenvalue weighted by molar-refractivity contribution is -0.138. The Kier molecular flexibility index (Phi) is 8.51. The van der Waals surface area contributed by atoms with Gasteiger partial charge in [-0.05, 0) is 36.1 Å². The lowest BCUT2D eigenvalue weighted by Gasteiger charge is -2.25. The minimum absolute atomic E-state index is 0.00785. The summed E-state index contributed by atoms with van der Waals surface area (Å²) in [5.74, 6) is -0.564. The summed E-state index contributed by atoms with van der Waals surface area (Å²) in [6, 6.07) is 16.2. The Morgan fingerprint density at radius 3 is 2.63 bits per heavy atom. The maximum absolute atomic E-state index is 13.6. The van der Waals surface area contributed by atoms with E-state index in [1.807, 2.05) is 30.3 Å². The third-order valence-electron chi connectivity index (χ3n) is 5.98. The molecule has 7 nitrogen and oxygen atoms in total. The minimum Gasteiger partial charge on any atom is -0.370 e. The van der Waals surface area contributed by atoms with E-state index in [-0.39, 0.29) is 43.3 Å². The number of nitrogens with zero attached hydrogens (tertiary/aromatic N) is 4. The minimum atomic E-state index is -0.388. The molecule has 4 rings (SSSR count). The van der Waals surface area contributed by atoms with E-state index in [0.29, 0.717) is 38.0 Å². The molecule has 2 heterocycles. The van der Waals surface area contributed by atoms with Gasteiger partial charge < -0.3 is 14.5 Å². The van der Waals surface area contributed by atoms with Gasteiger partial charge in [0.2, 0.25) is 11.8 Å². The predicted octanol–water partition coefficient (Wildman–Crippen LogP) is 3.05. The van der Waals surface area contributed by atoms with Crippen LogP contribution in [0.25, 0.3) is 0 Å². The average molecular weight is 477 g/mol. The Labute approximate surface area is 204 Å². The molecule has 0 N–H and O–H groups in total. The predicted molar refractivity (Wildman–Crippen MR) is 129 cm³/mol. The van der Waals surface area contributed by atoms with E-state index < -0.39 is 0 Å². The van der Waals surface area contributed by atoms with Gasteiger partial charge in [-0.1, -0.05) is 42.5 Å². The van der Waals surface area contributed by atoms with E-state index in [1.54, 1.807) is 40.5 Å². The molecule has 0 spiro atoms. The molecular formula is C27H29FN4O3. The highest BCUT2D eigenvalue weighted by Crippen LogP contribution is 2.15. The van der Waals surface area contributed by atoms with Gasteiger partial charge in [0.15, 0.2) is 0 Å². The number of rotatable bonds is 9. The summed E-state index contributed by atoms with van der Waals surface area (Å²) in [5.41, 5.74) is 2.57. The van der Waals surface area contributed by atoms with Crippen LogP contribution in [0, 0.1) is 5.82 Å². The van der Waals surface area contributed by atoms with E-state index in [9.17, 15) is 14.0 Å². The molecule has 0 radical (unpaired) electrons. The van der Waals surface area contributed by atoms with Crippen molar-refractivity contribution in [1.29, 1.82) is 0 Å². The molecule has 3 aromatic rings. The summed E-state index contributed by atoms with van der Waals surface area (Å²) >= 11 is 0. The number of ether oxygens (including phenoxy) is 1. The molecule has 1 atom stereocenters. The summed E-state index contributed by atoms with van der Waals surface area (Å²) in [5, 5.41) is 0. The van der Waals surface area contributed by atoms with Crippen molar-refractivity contribution in [3.63, 3.8) is 0 Å². The monoisotopic (exact) mass is 476 g/mol. The lowest BCUT2D eigenvalue weighted by atomic mass is 10.1. The molecule has 2 aromatic carbocycles. The Morgan fingerprint density at radius 2 is 1.86 bits per heavy atom. The van der Waals surface area contributed by atoms with E-state index >= 15 is 0 Å². The fraction of sp³-hybridized carbons (Fsp3) is 0.333. The molecule has 35 heavy (non-hydrogen) atoms. The second kappa shape index (κ2) is 12.2. The number of carbonyl (C=O) groups excluding carboxylic acids is 2. The first-order chi connectivity index (χ1) is 17.1. The Morgan fingerprint density at radius 1 is 1.03 bits per heavy atom. The number of hydrogen-bond acceptors (Lipinski definition) is 5. The molecule has 2 amide bonds. The van der Waals surface area contributed by atoms with E-state index in [0.717, 1.165) is 11.3 Å². The first-order valence-electron chi connectivity index (χ1n) is 11.8. The molecule has 1 aromatic heterocycles. The number of amides is 2. The maximum Gasteiger partial charge on any atom is 0.242 e. The highest BCUT2D eigenvalue weighted by molar-refractivity contribution is 5.85. The SMILES string of the molecule is O=C1CN(C(=O)CCc2cnccn2)CC(OCc2cccc(F)c2)CN1CCc1ccccc1. The van der Waals surface area contributed by atoms with Crippen LogP contribution < -0.4 is 0 Å². The number of benzene rings is 2. The van der Waals surface area contributed by atoms with Crippen LogP contribution in [0.3, 0.4) is 0 Å². The summed E-state index contributed by atoms with van der Waals surface area (Å²) in [6.07, 6.45) is 5.82. The van der Waals surface area contributed by atoms with Crippen LogP contribution in [0.15, 0.2) is 73.2 Å². The van der Waals surface area contributed by atoms with Crippen LogP contribution in [0.4, 0.5) is 4.39 Å². The topological polar surface area (TPSA) is 75.6 Å². The smallest absolute Gasteiger partial charge is 0.242 e. The van der Waals surface area contributed by atoms with Gasteiger partial charge in [-0.3, -0.25) is 19.6 Å². The third-order valence-corrected chi connectivity index (χ3v) is 5.98. The Bertz CT molecular complexity index is 1110. The zero-order chi connectivity index (χ0) is 24.5. The molecule has 1 fully saturated rings. The Balaban J connectivity index is 1.43. The first-order valence-corrected chi connectivity index (χ1v) is 11.8. The van der Waals surface area contributed by atoms with Crippen molar-refractivity contribution in [3.05, 3.63) is 95.8 Å². The van der Waals surface area contributed by atoms with Gasteiger partial charge in [0.1, 0.15) is 5.82 Å². The van der Waals surface area contributed by atoms with Crippen LogP contribution >= 0.6 is 0 Å². The largest absolute Gasteiger partial charge is 0.370 e. The highest BCUT2D eigenvalue weighted by atomic mass is 19.1. The van der Waals surface area contributed by atoms with Crippen molar-refractivity contribution in [2.45, 2.75) is 32.0 Å². The van der Waals surface area contributed by atoms with Crippen LogP contribution in [-0.4, -0.2) is 63.9 Å². The second-order valence-electron chi connectivity index (χ2n) is 8.61. The van der Waals surface area contributed by atoms with E-state index in [4.69, 9.17) is 4.74 Å². The summed E-state index contributed by atoms with van der Waals surface area (Å²) in [6.45, 7) is 1.40. The van der Waals surface area contributed by atoms with Gasteiger partial charge in [0.05, 0.1) is 24.9 Å². The van der Waals surface area contributed by atoms with Crippen molar-refractivity contribution in [3.8, 4) is 0 Å². The first kappa shape index (κ1) is 24.5. The molecule has 1 saturated heterocycles. The molecular weight excluding hydrogens is 447 g/mol. The van der Waals surface area contributed by atoms with Crippen molar-refractivity contribution in [2.75, 3.05) is 26.2 Å². The summed E-state index contributed by atoms with van der Waals surface area (Å²) < 4.78 is 19.7. The zero-order valence-corrected chi connectivity index (χ0v) is 19.6. The zero-order valence-electron chi connectivity index (χ0n) is 19.6. The molecule has 0 saturated carbocycles. The second-order valence-corrected chi connectivity index (χ2v) is 8.61. The van der Waals surface area contributed by atoms with Crippen molar-refractivity contribution in [1.82, 2.24) is 19.8 Å². The number of halogens is 1. The van der Waals surface area contributed by atoms with Gasteiger partial charge >= 0.3 is 0 Å². The molecule has 0 bridgehead atoms. The van der Waals surface area contributed by atoms with E-state index in [1.165, 1.54) is 12.1 Å². The average Bonchev–Trinajstić information content (AvgIpc) is 3.04. The van der Waals surface area contributed by atoms with Gasteiger partial charge in [0, 0.05) is 44.6 Å². The fourth-order valence-electron chi connectivity index (χ4n) is 4.09. The molecule has 1 aliphatic rings.